The summed E-state index contributed by atoms with van der Waals surface area (Å²) in [6, 6.07) is -1.05. The molecule has 1 aliphatic heterocycles. The Hall–Kier alpha value is -2.11. The molecule has 1 aliphatic rings. The number of hydrogen-bond donors (Lipinski definition) is 8. The standard InChI is InChI=1S/C24H45N3O12/c1-4-6-16(29)19(31)15(27-18(30)7-5-2)12-37-23-22(34)21(33)20(32)17(39-23)13-38-24(35)26-9-11-36-10-8-25-14(3)28/h15-17,19-23,29,31-34H,4-13H2,1-3H3,(H,25,28)(H,26,35)(H,27,30)/t15-,16+,17?,19-,20-,21-,22?,23-/m0/s1. The normalized spacial score (nSPS) is 25.3. The summed E-state index contributed by atoms with van der Waals surface area (Å²) < 4.78 is 21.3. The van der Waals surface area contributed by atoms with Crippen molar-refractivity contribution in [2.24, 2.45) is 0 Å². The molecule has 8 N–H and O–H groups in total. The lowest BCUT2D eigenvalue weighted by atomic mass is 9.99. The summed E-state index contributed by atoms with van der Waals surface area (Å²) in [7, 11) is 0. The second-order valence-corrected chi connectivity index (χ2v) is 9.24. The number of rotatable bonds is 18. The molecule has 8 atom stereocenters. The Morgan fingerprint density at radius 3 is 2.23 bits per heavy atom. The minimum atomic E-state index is -1.71. The van der Waals surface area contributed by atoms with E-state index in [1.54, 1.807) is 6.92 Å². The van der Waals surface area contributed by atoms with Gasteiger partial charge >= 0.3 is 6.09 Å². The SMILES string of the molecule is CCCC(=O)N[C@@H](CO[C@H]1OC(COC(=O)NCCOCCNC(C)=O)[C@H](O)[C@H](O)C1O)[C@H](O)[C@H](O)CCC. The number of aliphatic hydroxyl groups is 5. The molecule has 15 heteroatoms. The minimum absolute atomic E-state index is 0.109. The lowest BCUT2D eigenvalue weighted by Gasteiger charge is -2.40. The van der Waals surface area contributed by atoms with Crippen molar-refractivity contribution >= 4 is 17.9 Å². The molecule has 1 heterocycles. The van der Waals surface area contributed by atoms with E-state index in [1.807, 2.05) is 6.92 Å². The molecule has 3 amide bonds. The first-order chi connectivity index (χ1) is 18.5. The van der Waals surface area contributed by atoms with Crippen molar-refractivity contribution in [1.82, 2.24) is 16.0 Å². The second kappa shape index (κ2) is 19.0. The Morgan fingerprint density at radius 2 is 1.62 bits per heavy atom. The van der Waals surface area contributed by atoms with E-state index in [2.05, 4.69) is 16.0 Å². The van der Waals surface area contributed by atoms with Crippen LogP contribution in [0.3, 0.4) is 0 Å². The number of carbonyl (C=O) groups excluding carboxylic acids is 3. The second-order valence-electron chi connectivity index (χ2n) is 9.24. The number of nitrogens with one attached hydrogen (secondary N) is 3. The molecule has 39 heavy (non-hydrogen) atoms. The summed E-state index contributed by atoms with van der Waals surface area (Å²) in [5, 5.41) is 59.2. The largest absolute Gasteiger partial charge is 0.447 e. The van der Waals surface area contributed by atoms with Gasteiger partial charge in [0.2, 0.25) is 11.8 Å². The van der Waals surface area contributed by atoms with Gasteiger partial charge in [-0.3, -0.25) is 9.59 Å². The lowest BCUT2D eigenvalue weighted by molar-refractivity contribution is -0.302. The molecule has 0 aromatic carbocycles. The third-order valence-corrected chi connectivity index (χ3v) is 5.84. The predicted molar refractivity (Wildman–Crippen MR) is 135 cm³/mol. The van der Waals surface area contributed by atoms with E-state index in [4.69, 9.17) is 18.9 Å². The molecule has 0 aromatic rings. The van der Waals surface area contributed by atoms with E-state index in [9.17, 15) is 39.9 Å². The zero-order valence-electron chi connectivity index (χ0n) is 22.8. The van der Waals surface area contributed by atoms with Crippen LogP contribution in [0.25, 0.3) is 0 Å². The first-order valence-electron chi connectivity index (χ1n) is 13.2. The van der Waals surface area contributed by atoms with Crippen molar-refractivity contribution in [3.63, 3.8) is 0 Å². The maximum absolute atomic E-state index is 12.1. The first-order valence-corrected chi connectivity index (χ1v) is 13.2. The van der Waals surface area contributed by atoms with Crippen molar-refractivity contribution in [3.8, 4) is 0 Å². The lowest BCUT2D eigenvalue weighted by Crippen LogP contribution is -2.60. The van der Waals surface area contributed by atoms with E-state index in [0.717, 1.165) is 0 Å². The van der Waals surface area contributed by atoms with Gasteiger partial charge in [0.25, 0.3) is 0 Å². The summed E-state index contributed by atoms with van der Waals surface area (Å²) in [5.74, 6) is -0.551. The van der Waals surface area contributed by atoms with Crippen LogP contribution in [0.5, 0.6) is 0 Å². The fourth-order valence-electron chi connectivity index (χ4n) is 3.69. The van der Waals surface area contributed by atoms with Crippen LogP contribution in [-0.4, -0.2) is 132 Å². The Morgan fingerprint density at radius 1 is 0.949 bits per heavy atom. The molecular weight excluding hydrogens is 522 g/mol. The molecule has 0 spiro atoms. The van der Waals surface area contributed by atoms with Crippen LogP contribution < -0.4 is 16.0 Å². The number of amides is 3. The maximum atomic E-state index is 12.1. The summed E-state index contributed by atoms with van der Waals surface area (Å²) in [6.45, 7) is 4.99. The number of aliphatic hydroxyl groups excluding tert-OH is 5. The molecule has 0 radical (unpaired) electrons. The van der Waals surface area contributed by atoms with Gasteiger partial charge in [0, 0.05) is 26.4 Å². The van der Waals surface area contributed by atoms with Gasteiger partial charge in [-0.25, -0.2) is 4.79 Å². The predicted octanol–water partition coefficient (Wildman–Crippen LogP) is -2.50. The van der Waals surface area contributed by atoms with Crippen molar-refractivity contribution in [1.29, 1.82) is 0 Å². The highest BCUT2D eigenvalue weighted by Gasteiger charge is 2.45. The molecule has 0 bridgehead atoms. The number of hydrogen-bond acceptors (Lipinski definition) is 12. The van der Waals surface area contributed by atoms with Crippen LogP contribution in [0, 0.1) is 0 Å². The molecule has 1 rings (SSSR count). The van der Waals surface area contributed by atoms with Gasteiger partial charge in [0.05, 0.1) is 32.0 Å². The molecule has 1 saturated heterocycles. The fourth-order valence-corrected chi connectivity index (χ4v) is 3.69. The molecule has 0 aliphatic carbocycles. The van der Waals surface area contributed by atoms with E-state index >= 15 is 0 Å². The van der Waals surface area contributed by atoms with E-state index < -0.39 is 68.3 Å². The van der Waals surface area contributed by atoms with Gasteiger partial charge in [-0.1, -0.05) is 20.3 Å². The molecule has 0 saturated carbocycles. The van der Waals surface area contributed by atoms with E-state index in [1.165, 1.54) is 6.92 Å². The van der Waals surface area contributed by atoms with Gasteiger partial charge in [-0.15, -0.1) is 0 Å². The van der Waals surface area contributed by atoms with Crippen LogP contribution in [0.15, 0.2) is 0 Å². The monoisotopic (exact) mass is 567 g/mol. The molecule has 15 nitrogen and oxygen atoms in total. The Kier molecular flexibility index (Phi) is 17.1. The molecule has 228 valence electrons. The summed E-state index contributed by atoms with van der Waals surface area (Å²) in [5.41, 5.74) is 0. The zero-order valence-corrected chi connectivity index (χ0v) is 22.8. The van der Waals surface area contributed by atoms with Crippen molar-refractivity contribution in [2.45, 2.75) is 95.4 Å². The molecule has 1 fully saturated rings. The Balaban J connectivity index is 2.61. The number of carbonyl (C=O) groups is 3. The zero-order chi connectivity index (χ0) is 29.4. The van der Waals surface area contributed by atoms with Crippen LogP contribution >= 0.6 is 0 Å². The Labute approximate surface area is 228 Å². The summed E-state index contributed by atoms with van der Waals surface area (Å²) in [6.07, 6.45) is -9.53. The quantitative estimate of drug-likeness (QED) is 0.0804. The van der Waals surface area contributed by atoms with E-state index in [0.29, 0.717) is 19.4 Å². The summed E-state index contributed by atoms with van der Waals surface area (Å²) in [4.78, 5) is 34.8. The van der Waals surface area contributed by atoms with Crippen molar-refractivity contribution < 1.29 is 58.9 Å². The average molecular weight is 568 g/mol. The van der Waals surface area contributed by atoms with Crippen LogP contribution in [0.4, 0.5) is 4.79 Å². The topological polar surface area (TPSA) is 225 Å². The van der Waals surface area contributed by atoms with Crippen molar-refractivity contribution in [3.05, 3.63) is 0 Å². The highest BCUT2D eigenvalue weighted by Crippen LogP contribution is 2.23. The van der Waals surface area contributed by atoms with Crippen LogP contribution in [0.1, 0.15) is 46.5 Å². The van der Waals surface area contributed by atoms with Gasteiger partial charge in [0.1, 0.15) is 37.1 Å². The summed E-state index contributed by atoms with van der Waals surface area (Å²) >= 11 is 0. The first kappa shape index (κ1) is 34.9. The van der Waals surface area contributed by atoms with E-state index in [-0.39, 0.29) is 44.4 Å². The van der Waals surface area contributed by atoms with Gasteiger partial charge < -0.3 is 60.4 Å². The molecule has 2 unspecified atom stereocenters. The highest BCUT2D eigenvalue weighted by atomic mass is 16.7. The van der Waals surface area contributed by atoms with Crippen molar-refractivity contribution in [2.75, 3.05) is 39.5 Å². The van der Waals surface area contributed by atoms with Crippen LogP contribution in [-0.2, 0) is 28.5 Å². The minimum Gasteiger partial charge on any atom is -0.447 e. The third kappa shape index (κ3) is 13.2. The van der Waals surface area contributed by atoms with Crippen LogP contribution in [0.2, 0.25) is 0 Å². The number of alkyl carbamates (subject to hydrolysis) is 1. The van der Waals surface area contributed by atoms with Gasteiger partial charge in [-0.2, -0.15) is 0 Å². The maximum Gasteiger partial charge on any atom is 0.407 e. The fraction of sp³-hybridized carbons (Fsp3) is 0.875. The molecule has 0 aromatic heterocycles. The Bertz CT molecular complexity index is 730. The number of ether oxygens (including phenoxy) is 4. The molecular formula is C24H45N3O12. The van der Waals surface area contributed by atoms with Gasteiger partial charge in [0.15, 0.2) is 6.29 Å². The third-order valence-electron chi connectivity index (χ3n) is 5.84. The smallest absolute Gasteiger partial charge is 0.407 e. The highest BCUT2D eigenvalue weighted by molar-refractivity contribution is 5.76. The van der Waals surface area contributed by atoms with Gasteiger partial charge in [-0.05, 0) is 12.8 Å². The average Bonchev–Trinajstić information content (AvgIpc) is 2.89.